The first-order chi connectivity index (χ1) is 24.7. The first-order valence-corrected chi connectivity index (χ1v) is 19.5. The Bertz CT molecular complexity index is 2000. The van der Waals surface area contributed by atoms with Crippen LogP contribution in [0.2, 0.25) is 0 Å². The van der Waals surface area contributed by atoms with E-state index in [1.54, 1.807) is 11.9 Å². The quantitative estimate of drug-likeness (QED) is 0.0847. The molecule has 0 radical (unpaired) electrons. The van der Waals surface area contributed by atoms with Gasteiger partial charge in [0.25, 0.3) is 5.56 Å². The number of methoxy groups -OCH3 is 1. The third kappa shape index (κ3) is 8.00. The number of likely N-dealkylation sites (N-methyl/N-ethyl adjacent to an activating group) is 1. The highest BCUT2D eigenvalue weighted by molar-refractivity contribution is 7.66. The maximum absolute atomic E-state index is 12.6. The minimum atomic E-state index is -5.96. The van der Waals surface area contributed by atoms with E-state index in [1.807, 2.05) is 0 Å². The molecule has 2 aromatic heterocycles. The molecule has 0 amide bonds. The molecule has 2 aromatic rings. The second-order valence-corrected chi connectivity index (χ2v) is 16.4. The number of aliphatic imine (C=N–C) groups is 1. The Hall–Kier alpha value is -3.11. The van der Waals surface area contributed by atoms with Crippen molar-refractivity contribution in [2.45, 2.75) is 55.3 Å². The van der Waals surface area contributed by atoms with Crippen LogP contribution < -0.4 is 22.3 Å². The van der Waals surface area contributed by atoms with Gasteiger partial charge in [-0.2, -0.15) is 13.6 Å². The van der Waals surface area contributed by atoms with Gasteiger partial charge < -0.3 is 75.9 Å². The summed E-state index contributed by atoms with van der Waals surface area (Å²) < 4.78 is 72.9. The minimum absolute atomic E-state index is 0.0588. The molecule has 31 heteroatoms. The molecule has 6 unspecified atom stereocenters. The number of phosphoric ester groups is 2. The largest absolute Gasteiger partial charge is 0.490 e. The van der Waals surface area contributed by atoms with Crippen LogP contribution in [0.25, 0.3) is 11.2 Å². The van der Waals surface area contributed by atoms with Gasteiger partial charge in [-0.1, -0.05) is 0 Å². The van der Waals surface area contributed by atoms with E-state index in [0.717, 1.165) is 10.9 Å². The number of aromatic nitrogens is 4. The topological polar surface area (TPSA) is 404 Å². The van der Waals surface area contributed by atoms with Gasteiger partial charge in [-0.3, -0.25) is 23.4 Å². The molecule has 296 valence electrons. The van der Waals surface area contributed by atoms with Crippen LogP contribution in [0.5, 0.6) is 0 Å². The van der Waals surface area contributed by atoms with E-state index in [-0.39, 0.29) is 35.6 Å². The molecule has 0 aromatic carbocycles. The second-order valence-electron chi connectivity index (χ2n) is 11.8. The van der Waals surface area contributed by atoms with Crippen molar-refractivity contribution >= 4 is 46.5 Å². The number of nitrogens with two attached hydrogens (primary N) is 2. The molecule has 6 rings (SSSR count). The standard InChI is InChI=1S/C22H35N10O18P3/c1-30-6-32(16-10(30)18(37)29-22(24)27-16)20-13(35)14(44-2)8(48-20)4-46-52(40,41)50-53(42,43)49-51(38,39)45-3-7-11(33)12(34)19(47-7)31-5-25-9-15(31)26-21(23)28-17(9)36/h5,7-8,11-14,18-20,33-35,37H,3-4,6H2,1-2H3,(H,38,39)(H,40,41)(H,42,43)(H3,24,27,29)(H3,23,26,28,36)/t7-,8+,11?,12+,13-,14?,18?,19-,20+/m1/s1. The lowest BCUT2D eigenvalue weighted by molar-refractivity contribution is -0.0878. The monoisotopic (exact) mass is 820 g/mol. The average Bonchev–Trinajstić information content (AvgIpc) is 3.76. The van der Waals surface area contributed by atoms with Crippen LogP contribution in [0.4, 0.5) is 5.95 Å². The van der Waals surface area contributed by atoms with Gasteiger partial charge >= 0.3 is 23.5 Å². The fraction of sp³-hybridized carbons (Fsp3) is 0.636. The number of H-pyrrole nitrogens is 1. The minimum Gasteiger partial charge on any atom is -0.387 e. The summed E-state index contributed by atoms with van der Waals surface area (Å²) in [6, 6.07) is 0. The van der Waals surface area contributed by atoms with Gasteiger partial charge in [-0.25, -0.2) is 23.7 Å². The molecule has 28 nitrogen and oxygen atoms in total. The van der Waals surface area contributed by atoms with Crippen LogP contribution in [0.15, 0.2) is 27.6 Å². The molecule has 0 spiro atoms. The van der Waals surface area contributed by atoms with Gasteiger partial charge in [0, 0.05) is 14.2 Å². The molecule has 4 aliphatic rings. The molecule has 13 N–H and O–H groups in total. The first-order valence-electron chi connectivity index (χ1n) is 15.0. The van der Waals surface area contributed by atoms with E-state index in [2.05, 4.69) is 38.4 Å². The van der Waals surface area contributed by atoms with E-state index in [1.165, 1.54) is 12.0 Å². The number of aromatic amines is 1. The number of nitrogen functional groups attached to an aromatic ring is 1. The van der Waals surface area contributed by atoms with Gasteiger partial charge in [-0.15, -0.1) is 0 Å². The zero-order valence-corrected chi connectivity index (χ0v) is 29.9. The van der Waals surface area contributed by atoms with Crippen LogP contribution in [-0.4, -0.2) is 154 Å². The zero-order valence-electron chi connectivity index (χ0n) is 27.2. The summed E-state index contributed by atoms with van der Waals surface area (Å²) in [5, 5.41) is 45.1. The predicted molar refractivity (Wildman–Crippen MR) is 170 cm³/mol. The van der Waals surface area contributed by atoms with Crippen molar-refractivity contribution in [3.8, 4) is 0 Å². The fourth-order valence-corrected chi connectivity index (χ4v) is 9.52. The van der Waals surface area contributed by atoms with Crippen molar-refractivity contribution in [3.05, 3.63) is 28.2 Å². The summed E-state index contributed by atoms with van der Waals surface area (Å²) in [4.78, 5) is 59.2. The van der Waals surface area contributed by atoms with E-state index in [4.69, 9.17) is 30.2 Å². The van der Waals surface area contributed by atoms with Crippen molar-refractivity contribution in [1.29, 1.82) is 0 Å². The van der Waals surface area contributed by atoms with Crippen molar-refractivity contribution in [3.63, 3.8) is 0 Å². The third-order valence-electron chi connectivity index (χ3n) is 8.23. The van der Waals surface area contributed by atoms with E-state index >= 15 is 0 Å². The highest BCUT2D eigenvalue weighted by Gasteiger charge is 2.52. The van der Waals surface area contributed by atoms with Crippen molar-refractivity contribution in [1.82, 2.24) is 34.6 Å². The Morgan fingerprint density at radius 2 is 1.57 bits per heavy atom. The molecular weight excluding hydrogens is 785 g/mol. The Labute approximate surface area is 295 Å². The molecule has 2 saturated heterocycles. The third-order valence-corrected chi connectivity index (χ3v) is 12.5. The van der Waals surface area contributed by atoms with E-state index < -0.39 is 97.5 Å². The number of aliphatic hydroxyl groups is 4. The number of ether oxygens (including phenoxy) is 3. The number of guanidine groups is 1. The second kappa shape index (κ2) is 14.5. The summed E-state index contributed by atoms with van der Waals surface area (Å²) in [5.74, 6) is -0.179. The Morgan fingerprint density at radius 3 is 2.21 bits per heavy atom. The lowest BCUT2D eigenvalue weighted by Crippen LogP contribution is -2.49. The summed E-state index contributed by atoms with van der Waals surface area (Å²) in [5.41, 5.74) is 10.5. The van der Waals surface area contributed by atoms with Crippen molar-refractivity contribution in [2.24, 2.45) is 10.7 Å². The molecule has 12 atom stereocenters. The number of nitrogens with zero attached hydrogens (tertiary/aromatic N) is 6. The lowest BCUT2D eigenvalue weighted by atomic mass is 10.1. The Balaban J connectivity index is 1.03. The lowest BCUT2D eigenvalue weighted by Gasteiger charge is -2.31. The van der Waals surface area contributed by atoms with Crippen molar-refractivity contribution in [2.75, 3.05) is 39.8 Å². The first kappa shape index (κ1) is 39.6. The molecule has 4 aliphatic heterocycles. The number of nitrogens with one attached hydrogen (secondary N) is 2. The van der Waals surface area contributed by atoms with Gasteiger partial charge in [0.2, 0.25) is 5.95 Å². The Kier molecular flexibility index (Phi) is 10.8. The predicted octanol–water partition coefficient (Wildman–Crippen LogP) is -4.60. The number of fused-ring (bicyclic) bond motifs is 1. The number of hydrogen-bond donors (Lipinski definition) is 11. The van der Waals surface area contributed by atoms with Gasteiger partial charge in [-0.05, 0) is 0 Å². The molecule has 0 saturated carbocycles. The molecule has 6 heterocycles. The number of rotatable bonds is 13. The number of imidazole rings is 1. The maximum atomic E-state index is 12.6. The van der Waals surface area contributed by atoms with Crippen LogP contribution in [-0.2, 0) is 45.6 Å². The van der Waals surface area contributed by atoms with Gasteiger partial charge in [0.1, 0.15) is 48.1 Å². The highest BCUT2D eigenvalue weighted by Crippen LogP contribution is 2.67. The average molecular weight is 820 g/mol. The molecule has 53 heavy (non-hydrogen) atoms. The van der Waals surface area contributed by atoms with Gasteiger partial charge in [0.05, 0.1) is 26.2 Å². The SMILES string of the molecule is COC1[C@H](COP(=O)(O)OP(=O)(O)OP(=O)(O)OC[C@H]2O[C@@H](n3cnc4c(=O)[nH]c(N)nc43)[C@@H](O)C2O)O[C@H](N2CN(C)C3=C2NC(N)=NC3O)[C@@H]1O. The van der Waals surface area contributed by atoms with Crippen LogP contribution in [0, 0.1) is 0 Å². The number of aliphatic hydroxyl groups excluding tert-OH is 4. The van der Waals surface area contributed by atoms with E-state index in [0.29, 0.717) is 5.70 Å². The van der Waals surface area contributed by atoms with Crippen LogP contribution >= 0.6 is 23.5 Å². The van der Waals surface area contributed by atoms with Crippen molar-refractivity contribution < 1.29 is 80.7 Å². The molecule has 0 bridgehead atoms. The number of phosphoric acid groups is 3. The summed E-state index contributed by atoms with van der Waals surface area (Å²) in [6.07, 6.45) is -12.1. The molecule has 2 fully saturated rings. The van der Waals surface area contributed by atoms with Crippen LogP contribution in [0.1, 0.15) is 6.23 Å². The summed E-state index contributed by atoms with van der Waals surface area (Å²) in [7, 11) is -14.4. The van der Waals surface area contributed by atoms with E-state index in [9.17, 15) is 53.6 Å². The zero-order chi connectivity index (χ0) is 38.8. The van der Waals surface area contributed by atoms with Gasteiger partial charge in [0.15, 0.2) is 35.8 Å². The summed E-state index contributed by atoms with van der Waals surface area (Å²) >= 11 is 0. The summed E-state index contributed by atoms with van der Waals surface area (Å²) in [6.45, 7) is -1.92. The molecular formula is C22H35N10O18P3. The normalized spacial score (nSPS) is 33.8. The van der Waals surface area contributed by atoms with Crippen LogP contribution in [0.3, 0.4) is 0 Å². The Morgan fingerprint density at radius 1 is 0.943 bits per heavy atom. The number of hydrogen-bond acceptors (Lipinski definition) is 23. The fourth-order valence-electron chi connectivity index (χ4n) is 6.00. The smallest absolute Gasteiger partial charge is 0.387 e. The highest BCUT2D eigenvalue weighted by atomic mass is 31.3. The number of anilines is 1. The molecule has 0 aliphatic carbocycles. The maximum Gasteiger partial charge on any atom is 0.490 e.